The van der Waals surface area contributed by atoms with Gasteiger partial charge in [0, 0.05) is 96.1 Å². The zero-order valence-electron chi connectivity index (χ0n) is 17.5. The number of nitrogens with zero attached hydrogens (tertiary/aromatic N) is 6. The van der Waals surface area contributed by atoms with Crippen LogP contribution in [0.1, 0.15) is 16.7 Å². The van der Waals surface area contributed by atoms with Crippen molar-refractivity contribution in [3.63, 3.8) is 0 Å². The first-order valence-electron chi connectivity index (χ1n) is 10.7. The van der Waals surface area contributed by atoms with E-state index < -0.39 is 0 Å². The van der Waals surface area contributed by atoms with E-state index in [9.17, 15) is 0 Å². The molecule has 0 radical (unpaired) electrons. The number of rotatable bonds is 6. The van der Waals surface area contributed by atoms with E-state index in [1.54, 1.807) is 0 Å². The summed E-state index contributed by atoms with van der Waals surface area (Å²) in [5.74, 6) is 0. The summed E-state index contributed by atoms with van der Waals surface area (Å²) in [6.07, 6.45) is 11.3. The highest BCUT2D eigenvalue weighted by Crippen LogP contribution is 2.11. The SMILES string of the molecule is c1cc(CN2CCN(Cc3ccncc3)CCN(Cc3ccncc3)CC2)ccn1. The Morgan fingerprint density at radius 2 is 0.667 bits per heavy atom. The molecule has 3 aromatic heterocycles. The van der Waals surface area contributed by atoms with Gasteiger partial charge in [0.05, 0.1) is 0 Å². The van der Waals surface area contributed by atoms with Gasteiger partial charge in [-0.3, -0.25) is 29.7 Å². The molecule has 6 nitrogen and oxygen atoms in total. The third-order valence-corrected chi connectivity index (χ3v) is 5.66. The van der Waals surface area contributed by atoms with Crippen LogP contribution in [0.3, 0.4) is 0 Å². The summed E-state index contributed by atoms with van der Waals surface area (Å²) in [6.45, 7) is 9.30. The second kappa shape index (κ2) is 10.9. The van der Waals surface area contributed by atoms with Gasteiger partial charge < -0.3 is 0 Å². The predicted octanol–water partition coefficient (Wildman–Crippen LogP) is 2.69. The normalized spacial score (nSPS) is 17.2. The van der Waals surface area contributed by atoms with Gasteiger partial charge in [0.15, 0.2) is 0 Å². The molecule has 0 aromatic carbocycles. The van der Waals surface area contributed by atoms with Crippen molar-refractivity contribution in [2.75, 3.05) is 39.3 Å². The Morgan fingerprint density at radius 3 is 0.900 bits per heavy atom. The van der Waals surface area contributed by atoms with E-state index in [4.69, 9.17) is 0 Å². The maximum atomic E-state index is 4.16. The highest BCUT2D eigenvalue weighted by atomic mass is 15.3. The summed E-state index contributed by atoms with van der Waals surface area (Å²) < 4.78 is 0. The van der Waals surface area contributed by atoms with Crippen LogP contribution in [0, 0.1) is 0 Å². The van der Waals surface area contributed by atoms with E-state index in [0.29, 0.717) is 0 Å². The lowest BCUT2D eigenvalue weighted by Crippen LogP contribution is -2.35. The fourth-order valence-corrected chi connectivity index (χ4v) is 3.90. The molecule has 1 aliphatic rings. The molecule has 1 fully saturated rings. The van der Waals surface area contributed by atoms with Gasteiger partial charge in [-0.25, -0.2) is 0 Å². The van der Waals surface area contributed by atoms with Crippen molar-refractivity contribution in [1.82, 2.24) is 29.7 Å². The molecule has 0 unspecified atom stereocenters. The summed E-state index contributed by atoms with van der Waals surface area (Å²) >= 11 is 0. The smallest absolute Gasteiger partial charge is 0.0271 e. The van der Waals surface area contributed by atoms with E-state index in [1.165, 1.54) is 16.7 Å². The topological polar surface area (TPSA) is 48.4 Å². The molecule has 0 N–H and O–H groups in total. The van der Waals surface area contributed by atoms with Crippen molar-refractivity contribution in [1.29, 1.82) is 0 Å². The van der Waals surface area contributed by atoms with E-state index in [-0.39, 0.29) is 0 Å². The standard InChI is InChI=1S/C24H30N6/c1-7-25-8-2-22(1)19-28-13-15-29(20-23-3-9-26-10-4-23)17-18-30(16-14-28)21-24-5-11-27-12-6-24/h1-12H,13-21H2. The zero-order chi connectivity index (χ0) is 20.4. The van der Waals surface area contributed by atoms with Crippen LogP contribution in [0.2, 0.25) is 0 Å². The third-order valence-electron chi connectivity index (χ3n) is 5.66. The van der Waals surface area contributed by atoms with E-state index in [2.05, 4.69) is 66.0 Å². The van der Waals surface area contributed by atoms with Crippen LogP contribution in [0.4, 0.5) is 0 Å². The lowest BCUT2D eigenvalue weighted by atomic mass is 10.2. The Morgan fingerprint density at radius 1 is 0.433 bits per heavy atom. The molecule has 0 bridgehead atoms. The number of aromatic nitrogens is 3. The fraction of sp³-hybridized carbons (Fsp3) is 0.375. The van der Waals surface area contributed by atoms with Crippen LogP contribution >= 0.6 is 0 Å². The van der Waals surface area contributed by atoms with Crippen LogP contribution in [-0.4, -0.2) is 68.9 Å². The first kappa shape index (κ1) is 20.6. The quantitative estimate of drug-likeness (QED) is 0.632. The predicted molar refractivity (Wildman–Crippen MR) is 119 cm³/mol. The van der Waals surface area contributed by atoms with Crippen molar-refractivity contribution in [2.45, 2.75) is 19.6 Å². The minimum atomic E-state index is 0.967. The highest BCUT2D eigenvalue weighted by Gasteiger charge is 2.17. The minimum Gasteiger partial charge on any atom is -0.297 e. The Balaban J connectivity index is 1.45. The maximum Gasteiger partial charge on any atom is 0.0271 e. The molecule has 1 aliphatic heterocycles. The summed E-state index contributed by atoms with van der Waals surface area (Å²) in [5, 5.41) is 0. The monoisotopic (exact) mass is 402 g/mol. The molecule has 0 atom stereocenters. The van der Waals surface area contributed by atoms with Crippen molar-refractivity contribution in [3.8, 4) is 0 Å². The first-order valence-corrected chi connectivity index (χ1v) is 10.7. The Labute approximate surface area is 179 Å². The molecular weight excluding hydrogens is 372 g/mol. The molecule has 156 valence electrons. The number of hydrogen-bond acceptors (Lipinski definition) is 6. The summed E-state index contributed by atoms with van der Waals surface area (Å²) in [5.41, 5.74) is 3.97. The molecule has 6 heteroatoms. The second-order valence-electron chi connectivity index (χ2n) is 7.89. The minimum absolute atomic E-state index is 0.967. The molecule has 30 heavy (non-hydrogen) atoms. The van der Waals surface area contributed by atoms with Crippen LogP contribution in [0.15, 0.2) is 73.6 Å². The fourth-order valence-electron chi connectivity index (χ4n) is 3.90. The molecule has 0 aliphatic carbocycles. The first-order chi connectivity index (χ1) is 14.8. The molecule has 3 aromatic rings. The van der Waals surface area contributed by atoms with Crippen LogP contribution in [0.5, 0.6) is 0 Å². The van der Waals surface area contributed by atoms with Crippen molar-refractivity contribution in [2.24, 2.45) is 0 Å². The highest BCUT2D eigenvalue weighted by molar-refractivity contribution is 5.11. The second-order valence-corrected chi connectivity index (χ2v) is 7.89. The molecule has 0 amide bonds. The van der Waals surface area contributed by atoms with Gasteiger partial charge >= 0.3 is 0 Å². The van der Waals surface area contributed by atoms with Crippen molar-refractivity contribution in [3.05, 3.63) is 90.3 Å². The summed E-state index contributed by atoms with van der Waals surface area (Å²) in [4.78, 5) is 20.2. The van der Waals surface area contributed by atoms with Gasteiger partial charge in [-0.15, -0.1) is 0 Å². The van der Waals surface area contributed by atoms with E-state index in [1.807, 2.05) is 37.2 Å². The largest absolute Gasteiger partial charge is 0.297 e. The van der Waals surface area contributed by atoms with Crippen LogP contribution in [-0.2, 0) is 19.6 Å². The third kappa shape index (κ3) is 6.42. The van der Waals surface area contributed by atoms with Crippen LogP contribution in [0.25, 0.3) is 0 Å². The van der Waals surface area contributed by atoms with Gasteiger partial charge in [0.1, 0.15) is 0 Å². The van der Waals surface area contributed by atoms with Crippen molar-refractivity contribution >= 4 is 0 Å². The molecule has 0 spiro atoms. The Bertz CT molecular complexity index is 729. The lowest BCUT2D eigenvalue weighted by molar-refractivity contribution is 0.209. The summed E-state index contributed by atoms with van der Waals surface area (Å²) in [7, 11) is 0. The average Bonchev–Trinajstić information content (AvgIpc) is 2.88. The molecular formula is C24H30N6. The number of hydrogen-bond donors (Lipinski definition) is 0. The van der Waals surface area contributed by atoms with E-state index >= 15 is 0 Å². The van der Waals surface area contributed by atoms with Gasteiger partial charge in [0.2, 0.25) is 0 Å². The Kier molecular flexibility index (Phi) is 7.50. The van der Waals surface area contributed by atoms with Crippen molar-refractivity contribution < 1.29 is 0 Å². The Hall–Kier alpha value is -2.67. The lowest BCUT2D eigenvalue weighted by Gasteiger charge is -2.25. The average molecular weight is 403 g/mol. The summed E-state index contributed by atoms with van der Waals surface area (Å²) in [6, 6.07) is 12.7. The maximum absolute atomic E-state index is 4.16. The van der Waals surface area contributed by atoms with Gasteiger partial charge in [-0.05, 0) is 53.1 Å². The zero-order valence-corrected chi connectivity index (χ0v) is 17.5. The van der Waals surface area contributed by atoms with E-state index in [0.717, 1.165) is 58.9 Å². The molecule has 1 saturated heterocycles. The van der Waals surface area contributed by atoms with Crippen LogP contribution < -0.4 is 0 Å². The number of pyridine rings is 3. The molecule has 4 heterocycles. The molecule has 0 saturated carbocycles. The van der Waals surface area contributed by atoms with Gasteiger partial charge in [0.25, 0.3) is 0 Å². The van der Waals surface area contributed by atoms with Gasteiger partial charge in [-0.2, -0.15) is 0 Å². The van der Waals surface area contributed by atoms with Gasteiger partial charge in [-0.1, -0.05) is 0 Å². The molecule has 4 rings (SSSR count).